The first-order valence-corrected chi connectivity index (χ1v) is 6.05. The molecule has 0 aliphatic carbocycles. The van der Waals surface area contributed by atoms with E-state index in [2.05, 4.69) is 5.32 Å². The van der Waals surface area contributed by atoms with Crippen LogP contribution in [0.3, 0.4) is 0 Å². The van der Waals surface area contributed by atoms with E-state index in [4.69, 9.17) is 0 Å². The number of sulfone groups is 1. The Hall–Kier alpha value is -0.350. The maximum absolute atomic E-state index is 11.1. The van der Waals surface area contributed by atoms with Crippen molar-refractivity contribution in [3.8, 4) is 0 Å². The van der Waals surface area contributed by atoms with Gasteiger partial charge in [0.25, 0.3) is 0 Å². The predicted octanol–water partition coefficient (Wildman–Crippen LogP) is 0.341. The van der Waals surface area contributed by atoms with Crippen molar-refractivity contribution in [2.75, 3.05) is 24.6 Å². The maximum atomic E-state index is 11.1. The van der Waals surface area contributed by atoms with Crippen LogP contribution in [0, 0.1) is 0 Å². The van der Waals surface area contributed by atoms with Crippen molar-refractivity contribution >= 4 is 9.84 Å². The molecule has 0 aromatic rings. The second-order valence-corrected chi connectivity index (χ2v) is 5.39. The zero-order valence-electron chi connectivity index (χ0n) is 7.34. The van der Waals surface area contributed by atoms with E-state index < -0.39 is 9.84 Å². The second kappa shape index (κ2) is 4.05. The monoisotopic (exact) mass is 189 g/mol. The van der Waals surface area contributed by atoms with E-state index in [1.54, 1.807) is 6.92 Å². The minimum absolute atomic E-state index is 0.209. The lowest BCUT2D eigenvalue weighted by atomic mass is 10.2. The third-order valence-electron chi connectivity index (χ3n) is 2.04. The Balaban J connectivity index is 2.48. The Bertz CT molecular complexity index is 259. The second-order valence-electron chi connectivity index (χ2n) is 2.99. The summed E-state index contributed by atoms with van der Waals surface area (Å²) < 4.78 is 22.2. The van der Waals surface area contributed by atoms with Gasteiger partial charge in [-0.05, 0) is 13.0 Å². The molecule has 0 aromatic heterocycles. The van der Waals surface area contributed by atoms with Crippen molar-refractivity contribution in [3.05, 3.63) is 11.6 Å². The summed E-state index contributed by atoms with van der Waals surface area (Å²) in [6, 6.07) is 0. The van der Waals surface area contributed by atoms with Gasteiger partial charge < -0.3 is 5.32 Å². The van der Waals surface area contributed by atoms with Crippen molar-refractivity contribution < 1.29 is 8.42 Å². The van der Waals surface area contributed by atoms with Gasteiger partial charge in [0.15, 0.2) is 9.84 Å². The Morgan fingerprint density at radius 3 is 2.83 bits per heavy atom. The van der Waals surface area contributed by atoms with Gasteiger partial charge >= 0.3 is 0 Å². The normalized spacial score (nSPS) is 21.9. The van der Waals surface area contributed by atoms with Crippen molar-refractivity contribution in [1.29, 1.82) is 0 Å². The van der Waals surface area contributed by atoms with Crippen LogP contribution in [0.4, 0.5) is 0 Å². The maximum Gasteiger partial charge on any atom is 0.153 e. The standard InChI is InChI=1S/C8H15NO2S/c1-2-12(10,11)6-4-8-3-5-9-7-8/h4,9H,2-3,5-7H2,1H3/b8-4-. The van der Waals surface area contributed by atoms with Crippen LogP contribution in [0.15, 0.2) is 11.6 Å². The van der Waals surface area contributed by atoms with Crippen LogP contribution in [-0.4, -0.2) is 33.0 Å². The molecule has 0 bridgehead atoms. The minimum Gasteiger partial charge on any atom is -0.313 e. The molecule has 4 heteroatoms. The third kappa shape index (κ3) is 2.95. The highest BCUT2D eigenvalue weighted by Gasteiger charge is 2.08. The molecule has 12 heavy (non-hydrogen) atoms. The van der Waals surface area contributed by atoms with Gasteiger partial charge in [0.2, 0.25) is 0 Å². The zero-order valence-corrected chi connectivity index (χ0v) is 8.15. The van der Waals surface area contributed by atoms with E-state index in [9.17, 15) is 8.42 Å². The summed E-state index contributed by atoms with van der Waals surface area (Å²) in [7, 11) is -2.81. The highest BCUT2D eigenvalue weighted by Crippen LogP contribution is 2.06. The molecule has 3 nitrogen and oxygen atoms in total. The van der Waals surface area contributed by atoms with Crippen molar-refractivity contribution in [3.63, 3.8) is 0 Å². The summed E-state index contributed by atoms with van der Waals surface area (Å²) in [5.41, 5.74) is 1.23. The van der Waals surface area contributed by atoms with Gasteiger partial charge in [0, 0.05) is 12.3 Å². The Morgan fingerprint density at radius 2 is 2.33 bits per heavy atom. The third-order valence-corrected chi connectivity index (χ3v) is 3.59. The first-order chi connectivity index (χ1) is 5.64. The quantitative estimate of drug-likeness (QED) is 0.651. The van der Waals surface area contributed by atoms with E-state index in [-0.39, 0.29) is 11.5 Å². The molecule has 1 heterocycles. The average Bonchev–Trinajstić information content (AvgIpc) is 2.53. The molecule has 0 spiro atoms. The van der Waals surface area contributed by atoms with Gasteiger partial charge in [-0.2, -0.15) is 0 Å². The largest absolute Gasteiger partial charge is 0.313 e. The highest BCUT2D eigenvalue weighted by atomic mass is 32.2. The van der Waals surface area contributed by atoms with Crippen molar-refractivity contribution in [1.82, 2.24) is 5.32 Å². The van der Waals surface area contributed by atoms with Gasteiger partial charge in [0.05, 0.1) is 5.75 Å². The first kappa shape index (κ1) is 9.74. The van der Waals surface area contributed by atoms with Crippen molar-refractivity contribution in [2.24, 2.45) is 0 Å². The minimum atomic E-state index is -2.81. The molecular weight excluding hydrogens is 174 g/mol. The van der Waals surface area contributed by atoms with E-state index in [1.807, 2.05) is 6.08 Å². The summed E-state index contributed by atoms with van der Waals surface area (Å²) in [6.45, 7) is 3.53. The molecule has 1 N–H and O–H groups in total. The van der Waals surface area contributed by atoms with Gasteiger partial charge in [-0.15, -0.1) is 0 Å². The molecule has 1 aliphatic rings. The van der Waals surface area contributed by atoms with E-state index >= 15 is 0 Å². The van der Waals surface area contributed by atoms with Crippen LogP contribution in [-0.2, 0) is 9.84 Å². The van der Waals surface area contributed by atoms with Gasteiger partial charge in [-0.3, -0.25) is 0 Å². The first-order valence-electron chi connectivity index (χ1n) is 4.23. The van der Waals surface area contributed by atoms with E-state index in [0.717, 1.165) is 19.5 Å². The molecule has 70 valence electrons. The lowest BCUT2D eigenvalue weighted by molar-refractivity contribution is 0.600. The van der Waals surface area contributed by atoms with Crippen LogP contribution in [0.2, 0.25) is 0 Å². The van der Waals surface area contributed by atoms with Crippen molar-refractivity contribution in [2.45, 2.75) is 13.3 Å². The lowest BCUT2D eigenvalue weighted by Crippen LogP contribution is -2.08. The van der Waals surface area contributed by atoms with Crippen LogP contribution in [0.5, 0.6) is 0 Å². The fraction of sp³-hybridized carbons (Fsp3) is 0.750. The van der Waals surface area contributed by atoms with Crippen LogP contribution in [0.25, 0.3) is 0 Å². The van der Waals surface area contributed by atoms with Crippen LogP contribution >= 0.6 is 0 Å². The summed E-state index contributed by atoms with van der Waals surface area (Å²) in [6.07, 6.45) is 2.85. The fourth-order valence-electron chi connectivity index (χ4n) is 1.12. The number of hydrogen-bond acceptors (Lipinski definition) is 3. The summed E-state index contributed by atoms with van der Waals surface area (Å²) in [5, 5.41) is 3.16. The molecule has 0 aromatic carbocycles. The van der Waals surface area contributed by atoms with Gasteiger partial charge in [0.1, 0.15) is 0 Å². The molecule has 0 radical (unpaired) electrons. The van der Waals surface area contributed by atoms with Crippen LogP contribution in [0.1, 0.15) is 13.3 Å². The predicted molar refractivity (Wildman–Crippen MR) is 49.9 cm³/mol. The topological polar surface area (TPSA) is 46.2 Å². The average molecular weight is 189 g/mol. The summed E-state index contributed by atoms with van der Waals surface area (Å²) in [4.78, 5) is 0. The molecule has 1 rings (SSSR count). The molecule has 0 atom stereocenters. The molecule has 1 saturated heterocycles. The molecule has 0 unspecified atom stereocenters. The Morgan fingerprint density at radius 1 is 1.58 bits per heavy atom. The number of nitrogens with one attached hydrogen (secondary N) is 1. The van der Waals surface area contributed by atoms with E-state index in [0.29, 0.717) is 0 Å². The fourth-order valence-corrected chi connectivity index (χ4v) is 1.85. The summed E-state index contributed by atoms with van der Waals surface area (Å²) in [5.74, 6) is 0.449. The van der Waals surface area contributed by atoms with Gasteiger partial charge in [-0.1, -0.05) is 18.6 Å². The molecule has 0 amide bonds. The SMILES string of the molecule is CCS(=O)(=O)C/C=C1/CCNC1. The molecule has 0 saturated carbocycles. The molecule has 1 fully saturated rings. The smallest absolute Gasteiger partial charge is 0.153 e. The summed E-state index contributed by atoms with van der Waals surface area (Å²) >= 11 is 0. The molecule has 1 aliphatic heterocycles. The number of hydrogen-bond donors (Lipinski definition) is 1. The number of rotatable bonds is 3. The highest BCUT2D eigenvalue weighted by molar-refractivity contribution is 7.91. The Kier molecular flexibility index (Phi) is 3.29. The molecular formula is C8H15NO2S. The van der Waals surface area contributed by atoms with Crippen LogP contribution < -0.4 is 5.32 Å². The zero-order chi connectivity index (χ0) is 9.03. The Labute approximate surface area is 73.8 Å². The lowest BCUT2D eigenvalue weighted by Gasteiger charge is -1.96. The van der Waals surface area contributed by atoms with E-state index in [1.165, 1.54) is 5.57 Å². The van der Waals surface area contributed by atoms with Gasteiger partial charge in [-0.25, -0.2) is 8.42 Å².